The molecule has 0 aliphatic rings. The first kappa shape index (κ1) is 20.7. The summed E-state index contributed by atoms with van der Waals surface area (Å²) in [6.45, 7) is 1.62. The van der Waals surface area contributed by atoms with Gasteiger partial charge in [0, 0.05) is 28.3 Å². The van der Waals surface area contributed by atoms with Gasteiger partial charge in [-0.15, -0.1) is 0 Å². The summed E-state index contributed by atoms with van der Waals surface area (Å²) in [6.07, 6.45) is 0.00739. The van der Waals surface area contributed by atoms with Crippen molar-refractivity contribution in [3.05, 3.63) is 90.2 Å². The number of carbonyl (C=O) groups excluding carboxylic acids is 2. The molecule has 0 atom stereocenters. The fourth-order valence-electron chi connectivity index (χ4n) is 2.64. The van der Waals surface area contributed by atoms with Gasteiger partial charge in [-0.3, -0.25) is 9.59 Å². The third-order valence-electron chi connectivity index (χ3n) is 4.08. The van der Waals surface area contributed by atoms with Gasteiger partial charge in [0.15, 0.2) is 0 Å². The Balaban J connectivity index is 1.49. The molecule has 0 unspecified atom stereocenters. The smallest absolute Gasteiger partial charge is 0.271 e. The highest BCUT2D eigenvalue weighted by molar-refractivity contribution is 6.06. The van der Waals surface area contributed by atoms with E-state index in [4.69, 9.17) is 0 Å². The van der Waals surface area contributed by atoms with Crippen LogP contribution in [0.1, 0.15) is 23.7 Å². The molecule has 0 fully saturated rings. The van der Waals surface area contributed by atoms with Crippen LogP contribution in [0.4, 0.5) is 21.5 Å². The average Bonchev–Trinajstić information content (AvgIpc) is 2.74. The van der Waals surface area contributed by atoms with Crippen molar-refractivity contribution in [2.45, 2.75) is 13.3 Å². The third-order valence-corrected chi connectivity index (χ3v) is 4.08. The third kappa shape index (κ3) is 6.27. The summed E-state index contributed by atoms with van der Waals surface area (Å²) in [6, 6.07) is 22.4. The number of para-hydroxylation sites is 1. The van der Waals surface area contributed by atoms with Crippen molar-refractivity contribution >= 4 is 34.6 Å². The summed E-state index contributed by atoms with van der Waals surface area (Å²) >= 11 is 0. The van der Waals surface area contributed by atoms with E-state index in [2.05, 4.69) is 21.2 Å². The van der Waals surface area contributed by atoms with Gasteiger partial charge in [-0.05, 0) is 61.5 Å². The van der Waals surface area contributed by atoms with Gasteiger partial charge in [-0.1, -0.05) is 24.3 Å². The second-order valence-corrected chi connectivity index (χ2v) is 6.59. The molecule has 0 saturated carbocycles. The molecule has 2 amide bonds. The van der Waals surface area contributed by atoms with Crippen molar-refractivity contribution in [2.75, 3.05) is 10.6 Å². The first-order valence-corrected chi connectivity index (χ1v) is 9.30. The van der Waals surface area contributed by atoms with Crippen LogP contribution in [0.3, 0.4) is 0 Å². The van der Waals surface area contributed by atoms with Crippen LogP contribution in [-0.4, -0.2) is 17.5 Å². The summed E-state index contributed by atoms with van der Waals surface area (Å²) in [4.78, 5) is 24.1. The zero-order valence-corrected chi connectivity index (χ0v) is 16.4. The normalized spacial score (nSPS) is 10.9. The number of hydrogen-bond acceptors (Lipinski definition) is 4. The number of carbonyl (C=O) groups is 2. The van der Waals surface area contributed by atoms with Crippen LogP contribution in [0.15, 0.2) is 84.0 Å². The van der Waals surface area contributed by atoms with Crippen LogP contribution in [0, 0.1) is 5.82 Å². The van der Waals surface area contributed by atoms with E-state index in [-0.39, 0.29) is 17.9 Å². The van der Waals surface area contributed by atoms with Crippen LogP contribution in [-0.2, 0) is 4.79 Å². The molecule has 0 aliphatic heterocycles. The van der Waals surface area contributed by atoms with Gasteiger partial charge in [-0.2, -0.15) is 5.10 Å². The molecule has 3 aromatic rings. The van der Waals surface area contributed by atoms with E-state index in [0.717, 1.165) is 17.4 Å². The lowest BCUT2D eigenvalue weighted by atomic mass is 10.2. The summed E-state index contributed by atoms with van der Waals surface area (Å²) in [5.41, 5.74) is 5.41. The van der Waals surface area contributed by atoms with Gasteiger partial charge in [0.1, 0.15) is 5.82 Å². The zero-order valence-electron chi connectivity index (χ0n) is 16.4. The number of amides is 2. The molecule has 0 bridgehead atoms. The maximum Gasteiger partial charge on any atom is 0.271 e. The fraction of sp³-hybridized carbons (Fsp3) is 0.0870. The van der Waals surface area contributed by atoms with Gasteiger partial charge in [-0.25, -0.2) is 9.82 Å². The minimum atomic E-state index is -0.546. The number of nitrogens with one attached hydrogen (secondary N) is 3. The summed E-state index contributed by atoms with van der Waals surface area (Å²) < 4.78 is 13.2. The van der Waals surface area contributed by atoms with Crippen molar-refractivity contribution in [2.24, 2.45) is 5.10 Å². The summed E-state index contributed by atoms with van der Waals surface area (Å²) in [5, 5.41) is 9.94. The number of anilines is 3. The molecule has 30 heavy (non-hydrogen) atoms. The molecule has 3 aromatic carbocycles. The maximum atomic E-state index is 13.2. The highest BCUT2D eigenvalue weighted by Gasteiger charge is 2.08. The quantitative estimate of drug-likeness (QED) is 0.394. The van der Waals surface area contributed by atoms with Crippen molar-refractivity contribution in [3.8, 4) is 0 Å². The van der Waals surface area contributed by atoms with Crippen molar-refractivity contribution in [3.63, 3.8) is 0 Å². The highest BCUT2D eigenvalue weighted by atomic mass is 19.1. The molecule has 3 N–H and O–H groups in total. The van der Waals surface area contributed by atoms with Gasteiger partial charge >= 0.3 is 0 Å². The van der Waals surface area contributed by atoms with Crippen LogP contribution in [0.5, 0.6) is 0 Å². The van der Waals surface area contributed by atoms with Crippen LogP contribution < -0.4 is 16.1 Å². The topological polar surface area (TPSA) is 82.6 Å². The molecule has 0 aromatic heterocycles. The van der Waals surface area contributed by atoms with Gasteiger partial charge in [0.2, 0.25) is 5.91 Å². The van der Waals surface area contributed by atoms with E-state index in [1.807, 2.05) is 42.5 Å². The van der Waals surface area contributed by atoms with E-state index in [0.29, 0.717) is 11.4 Å². The Hall–Kier alpha value is -4.00. The largest absolute Gasteiger partial charge is 0.356 e. The standard InChI is InChI=1S/C23H21FN4O2/c1-16(27-28-23(30)17-6-5-7-18(24)15-17)14-22(29)26-21-12-10-20(11-13-21)25-19-8-3-2-4-9-19/h2-13,15,25H,14H2,1H3,(H,26,29)(H,28,30). The SMILES string of the molecule is CC(CC(=O)Nc1ccc(Nc2ccccc2)cc1)=NNC(=O)c1cccc(F)c1. The number of halogens is 1. The molecule has 0 radical (unpaired) electrons. The number of nitrogens with zero attached hydrogens (tertiary/aromatic N) is 1. The van der Waals surface area contributed by atoms with Gasteiger partial charge < -0.3 is 10.6 Å². The Bertz CT molecular complexity index is 1050. The molecule has 3 rings (SSSR count). The molecule has 0 aliphatic carbocycles. The van der Waals surface area contributed by atoms with Crippen LogP contribution in [0.25, 0.3) is 0 Å². The Kier molecular flexibility index (Phi) is 6.89. The van der Waals surface area contributed by atoms with E-state index in [9.17, 15) is 14.0 Å². The Morgan fingerprint density at radius 2 is 1.53 bits per heavy atom. The molecule has 6 nitrogen and oxygen atoms in total. The average molecular weight is 404 g/mol. The molecule has 7 heteroatoms. The van der Waals surface area contributed by atoms with E-state index in [1.165, 1.54) is 18.2 Å². The van der Waals surface area contributed by atoms with Crippen LogP contribution >= 0.6 is 0 Å². The second kappa shape index (κ2) is 9.97. The van der Waals surface area contributed by atoms with Crippen LogP contribution in [0.2, 0.25) is 0 Å². The Morgan fingerprint density at radius 1 is 0.867 bits per heavy atom. The zero-order chi connectivity index (χ0) is 21.3. The first-order valence-electron chi connectivity index (χ1n) is 9.30. The number of benzene rings is 3. The highest BCUT2D eigenvalue weighted by Crippen LogP contribution is 2.18. The minimum absolute atomic E-state index is 0.00739. The molecular formula is C23H21FN4O2. The van der Waals surface area contributed by atoms with Gasteiger partial charge in [0.25, 0.3) is 5.91 Å². The number of rotatable bonds is 7. The van der Waals surface area contributed by atoms with Crippen molar-refractivity contribution < 1.29 is 14.0 Å². The predicted octanol–water partition coefficient (Wildman–Crippen LogP) is 4.70. The Labute approximate surface area is 173 Å². The molecule has 152 valence electrons. The lowest BCUT2D eigenvalue weighted by molar-refractivity contribution is -0.115. The second-order valence-electron chi connectivity index (χ2n) is 6.59. The van der Waals surface area contributed by atoms with E-state index in [1.54, 1.807) is 19.1 Å². The monoisotopic (exact) mass is 404 g/mol. The molecule has 0 heterocycles. The van der Waals surface area contributed by atoms with Crippen molar-refractivity contribution in [1.82, 2.24) is 5.43 Å². The molecular weight excluding hydrogens is 383 g/mol. The number of hydrogen-bond donors (Lipinski definition) is 3. The lowest BCUT2D eigenvalue weighted by Gasteiger charge is -2.09. The summed E-state index contributed by atoms with van der Waals surface area (Å²) in [7, 11) is 0. The Morgan fingerprint density at radius 3 is 2.23 bits per heavy atom. The maximum absolute atomic E-state index is 13.2. The minimum Gasteiger partial charge on any atom is -0.356 e. The summed E-state index contributed by atoms with van der Waals surface area (Å²) in [5.74, 6) is -1.32. The molecule has 0 spiro atoms. The van der Waals surface area contributed by atoms with Gasteiger partial charge in [0.05, 0.1) is 6.42 Å². The fourth-order valence-corrected chi connectivity index (χ4v) is 2.64. The first-order chi connectivity index (χ1) is 14.5. The number of hydrazone groups is 1. The predicted molar refractivity (Wildman–Crippen MR) is 116 cm³/mol. The van der Waals surface area contributed by atoms with E-state index < -0.39 is 11.7 Å². The lowest BCUT2D eigenvalue weighted by Crippen LogP contribution is -2.21. The van der Waals surface area contributed by atoms with Crippen molar-refractivity contribution in [1.29, 1.82) is 0 Å². The van der Waals surface area contributed by atoms with E-state index >= 15 is 0 Å². The molecule has 0 saturated heterocycles.